The van der Waals surface area contributed by atoms with E-state index in [1.54, 1.807) is 6.20 Å². The van der Waals surface area contributed by atoms with E-state index in [1.165, 1.54) is 0 Å². The van der Waals surface area contributed by atoms with E-state index in [1.807, 2.05) is 60.7 Å². The fraction of sp³-hybridized carbons (Fsp3) is 0.207. The van der Waals surface area contributed by atoms with Gasteiger partial charge in [-0.05, 0) is 66.2 Å². The molecule has 0 bridgehead atoms. The molecule has 3 heterocycles. The number of aromatic nitrogens is 2. The van der Waals surface area contributed by atoms with Gasteiger partial charge in [-0.1, -0.05) is 49.4 Å². The molecular weight excluding hydrogens is 466 g/mol. The molecule has 2 atom stereocenters. The summed E-state index contributed by atoms with van der Waals surface area (Å²) in [7, 11) is 0. The summed E-state index contributed by atoms with van der Waals surface area (Å²) in [6, 6.07) is 26.0. The number of nitrogens with zero attached hydrogens (tertiary/aromatic N) is 3. The number of nitrogens with one attached hydrogen (secondary N) is 2. The molecule has 1 fully saturated rings. The van der Waals surface area contributed by atoms with E-state index >= 15 is 0 Å². The minimum atomic E-state index is -0.116. The van der Waals surface area contributed by atoms with Crippen molar-refractivity contribution in [2.75, 3.05) is 11.9 Å². The number of hydrogen-bond acceptors (Lipinski definition) is 3. The normalized spacial score (nSPS) is 17.1. The predicted molar refractivity (Wildman–Crippen MR) is 147 cm³/mol. The summed E-state index contributed by atoms with van der Waals surface area (Å²) >= 11 is 5.76. The molecule has 1 saturated heterocycles. The monoisotopic (exact) mass is 495 g/mol. The SMILES string of the molecule is CCc1ccccc1NC(=O)CCN1C(=S)N[C@@H](c2ccccn2)[C@H]1c1ccn(-c2ccccc2)c1. The topological polar surface area (TPSA) is 62.2 Å². The summed E-state index contributed by atoms with van der Waals surface area (Å²) in [6.45, 7) is 2.58. The average molecular weight is 496 g/mol. The molecule has 4 aromatic rings. The number of thiocarbonyl (C=S) groups is 1. The third kappa shape index (κ3) is 5.02. The van der Waals surface area contributed by atoms with Crippen LogP contribution in [0.25, 0.3) is 5.69 Å². The van der Waals surface area contributed by atoms with E-state index in [-0.39, 0.29) is 18.0 Å². The minimum Gasteiger partial charge on any atom is -0.352 e. The molecule has 2 N–H and O–H groups in total. The number of carbonyl (C=O) groups is 1. The van der Waals surface area contributed by atoms with Crippen LogP contribution in [-0.4, -0.2) is 32.0 Å². The molecule has 0 saturated carbocycles. The van der Waals surface area contributed by atoms with Gasteiger partial charge in [0.25, 0.3) is 0 Å². The first-order valence-electron chi connectivity index (χ1n) is 12.2. The first-order chi connectivity index (χ1) is 17.6. The smallest absolute Gasteiger partial charge is 0.226 e. The zero-order valence-corrected chi connectivity index (χ0v) is 21.0. The summed E-state index contributed by atoms with van der Waals surface area (Å²) in [5.74, 6) is -0.0272. The lowest BCUT2D eigenvalue weighted by Crippen LogP contribution is -2.32. The fourth-order valence-electron chi connectivity index (χ4n) is 4.74. The van der Waals surface area contributed by atoms with Crippen LogP contribution in [0.4, 0.5) is 5.69 Å². The van der Waals surface area contributed by atoms with Gasteiger partial charge in [-0.3, -0.25) is 9.78 Å². The summed E-state index contributed by atoms with van der Waals surface area (Å²) < 4.78 is 2.11. The molecule has 7 heteroatoms. The maximum absolute atomic E-state index is 12.9. The molecule has 5 rings (SSSR count). The maximum atomic E-state index is 12.9. The van der Waals surface area contributed by atoms with Crippen molar-refractivity contribution >= 4 is 28.9 Å². The number of hydrogen-bond donors (Lipinski definition) is 2. The zero-order chi connectivity index (χ0) is 24.9. The first-order valence-corrected chi connectivity index (χ1v) is 12.6. The van der Waals surface area contributed by atoms with Gasteiger partial charge in [0.2, 0.25) is 5.91 Å². The van der Waals surface area contributed by atoms with Crippen molar-refractivity contribution in [1.29, 1.82) is 0 Å². The van der Waals surface area contributed by atoms with Gasteiger partial charge in [0.05, 0.1) is 17.8 Å². The number of rotatable bonds is 8. The molecule has 1 aliphatic heterocycles. The van der Waals surface area contributed by atoms with Crippen molar-refractivity contribution in [3.8, 4) is 5.69 Å². The summed E-state index contributed by atoms with van der Waals surface area (Å²) in [5, 5.41) is 7.17. The molecule has 36 heavy (non-hydrogen) atoms. The van der Waals surface area contributed by atoms with Gasteiger partial charge in [0, 0.05) is 42.9 Å². The molecular formula is C29H29N5OS. The van der Waals surface area contributed by atoms with E-state index in [2.05, 4.69) is 62.6 Å². The van der Waals surface area contributed by atoms with Crippen LogP contribution in [-0.2, 0) is 11.2 Å². The second-order valence-corrected chi connectivity index (χ2v) is 9.20. The number of amides is 1. The van der Waals surface area contributed by atoms with Crippen LogP contribution in [0.3, 0.4) is 0 Å². The molecule has 2 aromatic carbocycles. The third-order valence-corrected chi connectivity index (χ3v) is 6.91. The van der Waals surface area contributed by atoms with E-state index in [0.29, 0.717) is 18.1 Å². The van der Waals surface area contributed by atoms with Crippen LogP contribution in [0.5, 0.6) is 0 Å². The molecule has 182 valence electrons. The Morgan fingerprint density at radius 1 is 1.03 bits per heavy atom. The van der Waals surface area contributed by atoms with Crippen molar-refractivity contribution in [2.24, 2.45) is 0 Å². The molecule has 6 nitrogen and oxygen atoms in total. The van der Waals surface area contributed by atoms with Gasteiger partial charge in [-0.2, -0.15) is 0 Å². The van der Waals surface area contributed by atoms with Crippen molar-refractivity contribution in [1.82, 2.24) is 19.8 Å². The Hall–Kier alpha value is -3.97. The largest absolute Gasteiger partial charge is 0.352 e. The maximum Gasteiger partial charge on any atom is 0.226 e. The Labute approximate surface area is 217 Å². The summed E-state index contributed by atoms with van der Waals surface area (Å²) in [6.07, 6.45) is 7.19. The Bertz CT molecular complexity index is 1340. The number of aryl methyl sites for hydroxylation is 1. The van der Waals surface area contributed by atoms with Crippen LogP contribution >= 0.6 is 12.2 Å². The van der Waals surface area contributed by atoms with Crippen LogP contribution < -0.4 is 10.6 Å². The quantitative estimate of drug-likeness (QED) is 0.319. The number of pyridine rings is 1. The lowest BCUT2D eigenvalue weighted by molar-refractivity contribution is -0.116. The van der Waals surface area contributed by atoms with Gasteiger partial charge in [-0.15, -0.1) is 0 Å². The van der Waals surface area contributed by atoms with Crippen LogP contribution in [0.2, 0.25) is 0 Å². The van der Waals surface area contributed by atoms with Crippen molar-refractivity contribution in [2.45, 2.75) is 31.8 Å². The van der Waals surface area contributed by atoms with E-state index < -0.39 is 0 Å². The molecule has 1 aliphatic rings. The molecule has 1 amide bonds. The lowest BCUT2D eigenvalue weighted by Gasteiger charge is -2.27. The second kappa shape index (κ2) is 10.7. The van der Waals surface area contributed by atoms with Gasteiger partial charge in [0.15, 0.2) is 5.11 Å². The van der Waals surface area contributed by atoms with Crippen LogP contribution in [0.1, 0.15) is 42.2 Å². The lowest BCUT2D eigenvalue weighted by atomic mass is 9.99. The molecule has 0 unspecified atom stereocenters. The van der Waals surface area contributed by atoms with Crippen molar-refractivity contribution in [3.63, 3.8) is 0 Å². The summed E-state index contributed by atoms with van der Waals surface area (Å²) in [5.41, 5.74) is 5.11. The highest BCUT2D eigenvalue weighted by molar-refractivity contribution is 7.80. The Kier molecular flexibility index (Phi) is 7.09. The molecule has 2 aromatic heterocycles. The predicted octanol–water partition coefficient (Wildman–Crippen LogP) is 5.44. The Morgan fingerprint density at radius 2 is 1.81 bits per heavy atom. The van der Waals surface area contributed by atoms with Crippen molar-refractivity contribution in [3.05, 3.63) is 114 Å². The van der Waals surface area contributed by atoms with Gasteiger partial charge in [0.1, 0.15) is 0 Å². The van der Waals surface area contributed by atoms with Gasteiger partial charge < -0.3 is 20.1 Å². The highest BCUT2D eigenvalue weighted by Gasteiger charge is 2.40. The number of carbonyl (C=O) groups excluding carboxylic acids is 1. The number of anilines is 1. The Morgan fingerprint density at radius 3 is 2.58 bits per heavy atom. The standard InChI is InChI=1S/C29H29N5OS/c1-2-21-10-6-7-13-24(21)31-26(35)16-19-34-28(27(32-29(34)36)25-14-8-9-17-30-25)22-15-18-33(20-22)23-11-4-3-5-12-23/h3-15,17-18,20,27-28H,2,16,19H2,1H3,(H,31,35)(H,32,36)/t27-,28+/m0/s1. The van der Waals surface area contributed by atoms with Crippen molar-refractivity contribution < 1.29 is 4.79 Å². The highest BCUT2D eigenvalue weighted by atomic mass is 32.1. The van der Waals surface area contributed by atoms with E-state index in [0.717, 1.165) is 34.6 Å². The number of benzene rings is 2. The molecule has 0 aliphatic carbocycles. The Balaban J connectivity index is 1.39. The second-order valence-electron chi connectivity index (χ2n) is 8.82. The summed E-state index contributed by atoms with van der Waals surface area (Å²) in [4.78, 5) is 19.6. The van der Waals surface area contributed by atoms with Crippen LogP contribution in [0.15, 0.2) is 97.5 Å². The highest BCUT2D eigenvalue weighted by Crippen LogP contribution is 2.39. The zero-order valence-electron chi connectivity index (χ0n) is 20.2. The fourth-order valence-corrected chi connectivity index (χ4v) is 5.08. The number of para-hydroxylation sites is 2. The third-order valence-electron chi connectivity index (χ3n) is 6.56. The average Bonchev–Trinajstić information content (AvgIpc) is 3.53. The van der Waals surface area contributed by atoms with E-state index in [9.17, 15) is 4.79 Å². The molecule has 0 spiro atoms. The minimum absolute atomic E-state index is 0.0272. The molecule has 0 radical (unpaired) electrons. The van der Waals surface area contributed by atoms with E-state index in [4.69, 9.17) is 12.2 Å². The van der Waals surface area contributed by atoms with Gasteiger partial charge in [-0.25, -0.2) is 0 Å². The first kappa shape index (κ1) is 23.8. The van der Waals surface area contributed by atoms with Gasteiger partial charge >= 0.3 is 0 Å². The van der Waals surface area contributed by atoms with Crippen LogP contribution in [0, 0.1) is 0 Å².